The van der Waals surface area contributed by atoms with E-state index in [9.17, 15) is 0 Å². The van der Waals surface area contributed by atoms with Gasteiger partial charge in [-0.1, -0.05) is 18.9 Å². The molecule has 0 aromatic rings. The van der Waals surface area contributed by atoms with Gasteiger partial charge in [0.15, 0.2) is 0 Å². The van der Waals surface area contributed by atoms with E-state index in [-0.39, 0.29) is 0 Å². The maximum atomic E-state index is 2.59. The van der Waals surface area contributed by atoms with Crippen molar-refractivity contribution in [2.24, 2.45) is 5.92 Å². The molecule has 0 aromatic carbocycles. The molecule has 0 unspecified atom stereocenters. The Bertz CT molecular complexity index is 357. The predicted octanol–water partition coefficient (Wildman–Crippen LogP) is 3.90. The second-order valence-corrected chi connectivity index (χ2v) is 7.07. The molecular formula is C16H28N+. The molecule has 1 nitrogen and oxygen atoms in total. The van der Waals surface area contributed by atoms with Gasteiger partial charge in [-0.05, 0) is 44.1 Å². The van der Waals surface area contributed by atoms with Gasteiger partial charge in [0.05, 0.1) is 20.1 Å². The first-order valence-corrected chi connectivity index (χ1v) is 7.65. The highest BCUT2D eigenvalue weighted by molar-refractivity contribution is 5.30. The first-order valence-electron chi connectivity index (χ1n) is 7.65. The van der Waals surface area contributed by atoms with Crippen LogP contribution in [0.3, 0.4) is 0 Å². The molecule has 0 spiro atoms. The molecule has 0 radical (unpaired) electrons. The Morgan fingerprint density at radius 2 is 2.06 bits per heavy atom. The smallest absolute Gasteiger partial charge is 0.118 e. The normalized spacial score (nSPS) is 45.7. The molecule has 17 heavy (non-hydrogen) atoms. The Labute approximate surface area is 106 Å². The van der Waals surface area contributed by atoms with Gasteiger partial charge in [0.1, 0.15) is 5.54 Å². The van der Waals surface area contributed by atoms with Crippen molar-refractivity contribution < 1.29 is 4.48 Å². The van der Waals surface area contributed by atoms with Gasteiger partial charge in [0.25, 0.3) is 0 Å². The van der Waals surface area contributed by atoms with Crippen LogP contribution in [-0.2, 0) is 0 Å². The molecule has 3 aliphatic rings. The van der Waals surface area contributed by atoms with E-state index in [1.807, 2.05) is 11.1 Å². The van der Waals surface area contributed by atoms with Gasteiger partial charge >= 0.3 is 0 Å². The SMILES string of the molecule is CC[C@@H]1CC[N@@+]2(C)CCC3=C(CCC3)[C@@]2(C)C1. The zero-order valence-corrected chi connectivity index (χ0v) is 11.9. The van der Waals surface area contributed by atoms with Crippen LogP contribution in [0.1, 0.15) is 58.8 Å². The van der Waals surface area contributed by atoms with E-state index < -0.39 is 0 Å². The van der Waals surface area contributed by atoms with Gasteiger partial charge < -0.3 is 4.48 Å². The van der Waals surface area contributed by atoms with E-state index >= 15 is 0 Å². The van der Waals surface area contributed by atoms with E-state index in [0.29, 0.717) is 5.54 Å². The summed E-state index contributed by atoms with van der Waals surface area (Å²) in [5, 5.41) is 0. The van der Waals surface area contributed by atoms with Crippen LogP contribution >= 0.6 is 0 Å². The molecule has 0 N–H and O–H groups in total. The summed E-state index contributed by atoms with van der Waals surface area (Å²) in [6, 6.07) is 0. The highest BCUT2D eigenvalue weighted by atomic mass is 15.4. The summed E-state index contributed by atoms with van der Waals surface area (Å²) in [5.41, 5.74) is 4.26. The Kier molecular flexibility index (Phi) is 2.66. The highest BCUT2D eigenvalue weighted by Crippen LogP contribution is 2.51. The maximum Gasteiger partial charge on any atom is 0.118 e. The largest absolute Gasteiger partial charge is 0.318 e. The molecule has 1 fully saturated rings. The molecule has 1 heteroatoms. The fourth-order valence-corrected chi connectivity index (χ4v) is 4.87. The van der Waals surface area contributed by atoms with Gasteiger partial charge in [-0.15, -0.1) is 0 Å². The predicted molar refractivity (Wildman–Crippen MR) is 72.8 cm³/mol. The van der Waals surface area contributed by atoms with Gasteiger partial charge in [0, 0.05) is 12.8 Å². The van der Waals surface area contributed by atoms with Crippen LogP contribution in [0.5, 0.6) is 0 Å². The van der Waals surface area contributed by atoms with E-state index in [1.165, 1.54) is 62.5 Å². The summed E-state index contributed by atoms with van der Waals surface area (Å²) in [6.45, 7) is 7.81. The zero-order valence-electron chi connectivity index (χ0n) is 11.9. The number of hydrogen-bond acceptors (Lipinski definition) is 0. The molecule has 0 amide bonds. The molecule has 1 aliphatic carbocycles. The van der Waals surface area contributed by atoms with E-state index in [0.717, 1.165) is 5.92 Å². The Balaban J connectivity index is 1.99. The highest BCUT2D eigenvalue weighted by Gasteiger charge is 2.54. The van der Waals surface area contributed by atoms with Crippen LogP contribution < -0.4 is 0 Å². The third-order valence-electron chi connectivity index (χ3n) is 6.38. The average molecular weight is 234 g/mol. The van der Waals surface area contributed by atoms with Crippen molar-refractivity contribution in [1.82, 2.24) is 0 Å². The van der Waals surface area contributed by atoms with Crippen molar-refractivity contribution >= 4 is 0 Å². The summed E-state index contributed by atoms with van der Waals surface area (Å²) in [5.74, 6) is 0.985. The number of piperidine rings is 1. The summed E-state index contributed by atoms with van der Waals surface area (Å²) in [7, 11) is 2.54. The fourth-order valence-electron chi connectivity index (χ4n) is 4.87. The minimum absolute atomic E-state index is 0.503. The van der Waals surface area contributed by atoms with E-state index in [4.69, 9.17) is 0 Å². The molecular weight excluding hydrogens is 206 g/mol. The van der Waals surface area contributed by atoms with Crippen molar-refractivity contribution in [3.63, 3.8) is 0 Å². The lowest BCUT2D eigenvalue weighted by atomic mass is 9.70. The summed E-state index contributed by atoms with van der Waals surface area (Å²) < 4.78 is 1.35. The molecule has 3 atom stereocenters. The lowest BCUT2D eigenvalue weighted by molar-refractivity contribution is -0.959. The van der Waals surface area contributed by atoms with Crippen molar-refractivity contribution in [2.45, 2.75) is 64.3 Å². The van der Waals surface area contributed by atoms with Crippen LogP contribution in [0.15, 0.2) is 11.1 Å². The first kappa shape index (κ1) is 11.8. The van der Waals surface area contributed by atoms with Crippen LogP contribution in [0.4, 0.5) is 0 Å². The van der Waals surface area contributed by atoms with Crippen molar-refractivity contribution in [3.8, 4) is 0 Å². The molecule has 1 saturated heterocycles. The van der Waals surface area contributed by atoms with Crippen LogP contribution in [0, 0.1) is 5.92 Å². The minimum atomic E-state index is 0.503. The maximum absolute atomic E-state index is 2.59. The summed E-state index contributed by atoms with van der Waals surface area (Å²) in [6.07, 6.45) is 9.98. The lowest BCUT2D eigenvalue weighted by Crippen LogP contribution is -2.67. The van der Waals surface area contributed by atoms with Crippen LogP contribution in [-0.4, -0.2) is 30.2 Å². The van der Waals surface area contributed by atoms with Crippen molar-refractivity contribution in [2.75, 3.05) is 20.1 Å². The molecule has 0 aromatic heterocycles. The van der Waals surface area contributed by atoms with E-state index in [1.54, 1.807) is 0 Å². The van der Waals surface area contributed by atoms with Crippen LogP contribution in [0.2, 0.25) is 0 Å². The average Bonchev–Trinajstić information content (AvgIpc) is 2.79. The van der Waals surface area contributed by atoms with Gasteiger partial charge in [-0.2, -0.15) is 0 Å². The molecule has 2 heterocycles. The number of likely N-dealkylation sites (N-methyl/N-ethyl adjacent to an activating group) is 1. The van der Waals surface area contributed by atoms with Gasteiger partial charge in [-0.25, -0.2) is 0 Å². The van der Waals surface area contributed by atoms with Crippen molar-refractivity contribution in [3.05, 3.63) is 11.1 Å². The topological polar surface area (TPSA) is 0 Å². The van der Waals surface area contributed by atoms with Crippen LogP contribution in [0.25, 0.3) is 0 Å². The Morgan fingerprint density at radius 1 is 1.24 bits per heavy atom. The molecule has 3 rings (SSSR count). The third kappa shape index (κ3) is 1.54. The fraction of sp³-hybridized carbons (Fsp3) is 0.875. The number of quaternary nitrogens is 1. The number of fused-ring (bicyclic) bond motifs is 2. The number of rotatable bonds is 1. The standard InChI is InChI=1S/C16H28N/c1-4-13-8-10-17(3)11-9-14-6-5-7-15(14)16(17,2)12-13/h13H,4-12H2,1-3H3/q+1/t13-,16-,17+/m1/s1. The number of hydrogen-bond donors (Lipinski definition) is 0. The summed E-state index contributed by atoms with van der Waals surface area (Å²) >= 11 is 0. The zero-order chi connectivity index (χ0) is 12.1. The number of nitrogens with zero attached hydrogens (tertiary/aromatic N) is 1. The Morgan fingerprint density at radius 3 is 2.82 bits per heavy atom. The summed E-state index contributed by atoms with van der Waals surface area (Å²) in [4.78, 5) is 0. The third-order valence-corrected chi connectivity index (χ3v) is 6.38. The monoisotopic (exact) mass is 234 g/mol. The van der Waals surface area contributed by atoms with E-state index in [2.05, 4.69) is 20.9 Å². The molecule has 0 saturated carbocycles. The first-order chi connectivity index (χ1) is 8.09. The lowest BCUT2D eigenvalue weighted by Gasteiger charge is -2.57. The second kappa shape index (κ2) is 3.85. The second-order valence-electron chi connectivity index (χ2n) is 7.07. The molecule has 0 bridgehead atoms. The Hall–Kier alpha value is -0.300. The molecule has 96 valence electrons. The molecule has 2 aliphatic heterocycles. The van der Waals surface area contributed by atoms with Crippen molar-refractivity contribution in [1.29, 1.82) is 0 Å². The van der Waals surface area contributed by atoms with Gasteiger partial charge in [-0.3, -0.25) is 0 Å². The van der Waals surface area contributed by atoms with Gasteiger partial charge in [0.2, 0.25) is 0 Å². The quantitative estimate of drug-likeness (QED) is 0.477. The minimum Gasteiger partial charge on any atom is -0.318 e.